The van der Waals surface area contributed by atoms with Gasteiger partial charge in [0, 0.05) is 12.4 Å². The lowest BCUT2D eigenvalue weighted by Gasteiger charge is -1.96. The smallest absolute Gasteiger partial charge is 0.131 e. The molecular weight excluding hydrogens is 303 g/mol. The summed E-state index contributed by atoms with van der Waals surface area (Å²) in [5.41, 5.74) is 2.27. The van der Waals surface area contributed by atoms with Crippen LogP contribution in [0.15, 0.2) is 24.5 Å². The van der Waals surface area contributed by atoms with E-state index in [1.165, 1.54) is 5.39 Å². The summed E-state index contributed by atoms with van der Waals surface area (Å²) < 4.78 is 7.81. The van der Waals surface area contributed by atoms with E-state index >= 15 is 0 Å². The first-order valence-electron chi connectivity index (χ1n) is 4.54. The van der Waals surface area contributed by atoms with Gasteiger partial charge < -0.3 is 4.74 Å². The fourth-order valence-electron chi connectivity index (χ4n) is 1.49. The van der Waals surface area contributed by atoms with Gasteiger partial charge in [-0.15, -0.1) is 0 Å². The predicted octanol–water partition coefficient (Wildman–Crippen LogP) is 2.80. The van der Waals surface area contributed by atoms with Crippen LogP contribution in [0.25, 0.3) is 17.0 Å². The Morgan fingerprint density at radius 2 is 2.27 bits per heavy atom. The Balaban J connectivity index is 2.55. The summed E-state index contributed by atoms with van der Waals surface area (Å²) >= 11 is 2.25. The average molecular weight is 314 g/mol. The summed E-state index contributed by atoms with van der Waals surface area (Å²) in [4.78, 5) is 0. The number of methoxy groups -OCH3 is 1. The molecule has 3 nitrogen and oxygen atoms in total. The van der Waals surface area contributed by atoms with E-state index < -0.39 is 0 Å². The number of rotatable bonds is 2. The summed E-state index contributed by atoms with van der Waals surface area (Å²) in [6.45, 7) is 0. The third-order valence-electron chi connectivity index (χ3n) is 2.23. The van der Waals surface area contributed by atoms with Crippen molar-refractivity contribution < 1.29 is 4.74 Å². The summed E-state index contributed by atoms with van der Waals surface area (Å²) in [6.07, 6.45) is 3.60. The van der Waals surface area contributed by atoms with Gasteiger partial charge in [0.1, 0.15) is 3.70 Å². The summed E-state index contributed by atoms with van der Waals surface area (Å²) in [5.74, 6) is 0. The Hall–Kier alpha value is -1.04. The lowest BCUT2D eigenvalue weighted by Crippen LogP contribution is -1.88. The van der Waals surface area contributed by atoms with Gasteiger partial charge >= 0.3 is 0 Å². The highest BCUT2D eigenvalue weighted by Gasteiger charge is 2.05. The van der Waals surface area contributed by atoms with Crippen LogP contribution >= 0.6 is 22.6 Å². The van der Waals surface area contributed by atoms with Crippen molar-refractivity contribution in [1.82, 2.24) is 9.78 Å². The van der Waals surface area contributed by atoms with Crippen LogP contribution < -0.4 is 0 Å². The van der Waals surface area contributed by atoms with E-state index in [9.17, 15) is 0 Å². The van der Waals surface area contributed by atoms with Gasteiger partial charge in [-0.2, -0.15) is 5.10 Å². The SMILES string of the molecule is COC=Cc1ccc2c(c1)c(I)nn2C. The minimum atomic E-state index is 1.03. The molecule has 1 aromatic carbocycles. The third kappa shape index (κ3) is 1.99. The number of benzene rings is 1. The van der Waals surface area contributed by atoms with Gasteiger partial charge in [0.15, 0.2) is 0 Å². The zero-order chi connectivity index (χ0) is 10.8. The number of hydrogen-bond donors (Lipinski definition) is 0. The molecule has 0 atom stereocenters. The predicted molar refractivity (Wildman–Crippen MR) is 69.5 cm³/mol. The second-order valence-corrected chi connectivity index (χ2v) is 4.25. The number of halogens is 1. The Morgan fingerprint density at radius 3 is 3.00 bits per heavy atom. The standard InChI is InChI=1S/C11H11IN2O/c1-14-10-4-3-8(5-6-15-2)7-9(10)11(12)13-14/h3-7H,1-2H3. The second-order valence-electron chi connectivity index (χ2n) is 3.23. The maximum Gasteiger partial charge on any atom is 0.131 e. The molecule has 1 heterocycles. The van der Waals surface area contributed by atoms with Gasteiger partial charge in [-0.05, 0) is 46.4 Å². The van der Waals surface area contributed by atoms with Gasteiger partial charge in [-0.1, -0.05) is 6.07 Å². The van der Waals surface area contributed by atoms with Crippen molar-refractivity contribution in [3.63, 3.8) is 0 Å². The lowest BCUT2D eigenvalue weighted by molar-refractivity contribution is 0.341. The van der Waals surface area contributed by atoms with Crippen molar-refractivity contribution in [2.45, 2.75) is 0 Å². The van der Waals surface area contributed by atoms with Crippen molar-refractivity contribution in [3.05, 3.63) is 33.7 Å². The normalized spacial score (nSPS) is 11.4. The number of aromatic nitrogens is 2. The molecule has 1 aromatic heterocycles. The highest BCUT2D eigenvalue weighted by Crippen LogP contribution is 2.21. The molecule has 0 spiro atoms. The number of fused-ring (bicyclic) bond motifs is 1. The second kappa shape index (κ2) is 4.22. The molecule has 0 aliphatic carbocycles. The molecule has 0 aliphatic rings. The van der Waals surface area contributed by atoms with Crippen LogP contribution in [0.3, 0.4) is 0 Å². The van der Waals surface area contributed by atoms with Gasteiger partial charge in [0.2, 0.25) is 0 Å². The number of hydrogen-bond acceptors (Lipinski definition) is 2. The molecule has 0 unspecified atom stereocenters. The van der Waals surface area contributed by atoms with Crippen LogP contribution in [0.4, 0.5) is 0 Å². The Morgan fingerprint density at radius 1 is 1.47 bits per heavy atom. The topological polar surface area (TPSA) is 27.1 Å². The van der Waals surface area contributed by atoms with Crippen LogP contribution in [0.1, 0.15) is 5.56 Å². The van der Waals surface area contributed by atoms with Crippen LogP contribution in [-0.2, 0) is 11.8 Å². The Kier molecular flexibility index (Phi) is 2.95. The minimum absolute atomic E-state index is 1.03. The van der Waals surface area contributed by atoms with Crippen molar-refractivity contribution in [1.29, 1.82) is 0 Å². The molecule has 0 fully saturated rings. The van der Waals surface area contributed by atoms with Crippen LogP contribution in [-0.4, -0.2) is 16.9 Å². The van der Waals surface area contributed by atoms with E-state index in [0.717, 1.165) is 14.8 Å². The molecule has 0 aliphatic heterocycles. The van der Waals surface area contributed by atoms with Crippen LogP contribution in [0.5, 0.6) is 0 Å². The zero-order valence-corrected chi connectivity index (χ0v) is 10.7. The first-order chi connectivity index (χ1) is 7.22. The monoisotopic (exact) mass is 314 g/mol. The maximum atomic E-state index is 4.89. The molecule has 0 bridgehead atoms. The highest BCUT2D eigenvalue weighted by molar-refractivity contribution is 14.1. The maximum absolute atomic E-state index is 4.89. The van der Waals surface area contributed by atoms with Crippen molar-refractivity contribution in [2.75, 3.05) is 7.11 Å². The molecule has 0 N–H and O–H groups in total. The van der Waals surface area contributed by atoms with Gasteiger partial charge in [-0.3, -0.25) is 4.68 Å². The number of nitrogens with zero attached hydrogens (tertiary/aromatic N) is 2. The zero-order valence-electron chi connectivity index (χ0n) is 8.57. The molecule has 4 heteroatoms. The lowest BCUT2D eigenvalue weighted by atomic mass is 10.1. The first kappa shape index (κ1) is 10.5. The summed E-state index contributed by atoms with van der Waals surface area (Å²) in [7, 11) is 3.60. The molecule has 2 aromatic rings. The molecular formula is C11H11IN2O. The van der Waals surface area contributed by atoms with E-state index in [4.69, 9.17) is 4.74 Å². The Bertz CT molecular complexity index is 517. The molecule has 78 valence electrons. The van der Waals surface area contributed by atoms with E-state index in [1.54, 1.807) is 13.4 Å². The van der Waals surface area contributed by atoms with Gasteiger partial charge in [0.25, 0.3) is 0 Å². The van der Waals surface area contributed by atoms with Crippen LogP contribution in [0.2, 0.25) is 0 Å². The largest absolute Gasteiger partial charge is 0.504 e. The quantitative estimate of drug-likeness (QED) is 0.629. The molecule has 2 rings (SSSR count). The van der Waals surface area contributed by atoms with E-state index in [-0.39, 0.29) is 0 Å². The molecule has 0 amide bonds. The fraction of sp³-hybridized carbons (Fsp3) is 0.182. The third-order valence-corrected chi connectivity index (χ3v) is 3.02. The van der Waals surface area contributed by atoms with E-state index in [0.29, 0.717) is 0 Å². The number of aryl methyl sites for hydroxylation is 1. The highest BCUT2D eigenvalue weighted by atomic mass is 127. The van der Waals surface area contributed by atoms with Crippen LogP contribution in [0, 0.1) is 3.70 Å². The van der Waals surface area contributed by atoms with Gasteiger partial charge in [0.05, 0.1) is 18.9 Å². The minimum Gasteiger partial charge on any atom is -0.504 e. The number of ether oxygens (including phenoxy) is 1. The van der Waals surface area contributed by atoms with E-state index in [2.05, 4.69) is 45.9 Å². The van der Waals surface area contributed by atoms with Crippen molar-refractivity contribution in [2.24, 2.45) is 7.05 Å². The van der Waals surface area contributed by atoms with Crippen molar-refractivity contribution >= 4 is 39.6 Å². The van der Waals surface area contributed by atoms with Crippen molar-refractivity contribution in [3.8, 4) is 0 Å². The molecule has 0 saturated carbocycles. The molecule has 0 saturated heterocycles. The first-order valence-corrected chi connectivity index (χ1v) is 5.62. The average Bonchev–Trinajstić information content (AvgIpc) is 2.52. The Labute approximate surface area is 102 Å². The molecule has 15 heavy (non-hydrogen) atoms. The fourth-order valence-corrected chi connectivity index (χ4v) is 2.25. The summed E-state index contributed by atoms with van der Waals surface area (Å²) in [6, 6.07) is 6.23. The molecule has 0 radical (unpaired) electrons. The summed E-state index contributed by atoms with van der Waals surface area (Å²) in [5, 5.41) is 5.54. The van der Waals surface area contributed by atoms with Gasteiger partial charge in [-0.25, -0.2) is 0 Å². The van der Waals surface area contributed by atoms with E-state index in [1.807, 2.05) is 17.8 Å².